The zero-order valence-corrected chi connectivity index (χ0v) is 10.9. The largest absolute Gasteiger partial charge is 0.387 e. The van der Waals surface area contributed by atoms with Crippen molar-refractivity contribution in [2.75, 3.05) is 26.8 Å². The molecule has 0 spiro atoms. The summed E-state index contributed by atoms with van der Waals surface area (Å²) < 4.78 is 17.5. The molecule has 5 nitrogen and oxygen atoms in total. The van der Waals surface area contributed by atoms with Gasteiger partial charge in [0, 0.05) is 26.8 Å². The predicted octanol–water partition coefficient (Wildman–Crippen LogP) is 1.19. The lowest BCUT2D eigenvalue weighted by Gasteiger charge is -2.13. The van der Waals surface area contributed by atoms with Crippen LogP contribution < -0.4 is 10.6 Å². The molecule has 0 radical (unpaired) electrons. The minimum atomic E-state index is -0.856. The number of aliphatic hydroxyl groups excluding tert-OH is 1. The van der Waals surface area contributed by atoms with Crippen molar-refractivity contribution in [2.24, 2.45) is 0 Å². The third-order valence-corrected chi connectivity index (χ3v) is 2.52. The van der Waals surface area contributed by atoms with Crippen molar-refractivity contribution in [2.45, 2.75) is 12.5 Å². The Labute approximate surface area is 111 Å². The molecule has 0 heterocycles. The summed E-state index contributed by atoms with van der Waals surface area (Å²) in [5.41, 5.74) is 0.557. The van der Waals surface area contributed by atoms with Crippen molar-refractivity contribution < 1.29 is 19.0 Å². The average Bonchev–Trinajstić information content (AvgIpc) is 2.42. The molecule has 0 aliphatic rings. The molecule has 0 aliphatic heterocycles. The molecule has 19 heavy (non-hydrogen) atoms. The number of halogens is 1. The monoisotopic (exact) mass is 270 g/mol. The Hall–Kier alpha value is -1.66. The van der Waals surface area contributed by atoms with Gasteiger partial charge in [0.1, 0.15) is 5.82 Å². The summed E-state index contributed by atoms with van der Waals surface area (Å²) in [6.07, 6.45) is -0.130. The molecule has 0 fully saturated rings. The lowest BCUT2D eigenvalue weighted by Crippen LogP contribution is -2.38. The van der Waals surface area contributed by atoms with Crippen LogP contribution in [0, 0.1) is 5.82 Å². The lowest BCUT2D eigenvalue weighted by atomic mass is 10.1. The van der Waals surface area contributed by atoms with Gasteiger partial charge in [0.15, 0.2) is 0 Å². The number of carbonyl (C=O) groups excluding carboxylic acids is 1. The topological polar surface area (TPSA) is 70.6 Å². The van der Waals surface area contributed by atoms with E-state index < -0.39 is 6.10 Å². The fourth-order valence-corrected chi connectivity index (χ4v) is 1.47. The lowest BCUT2D eigenvalue weighted by molar-refractivity contribution is 0.172. The van der Waals surface area contributed by atoms with Crippen LogP contribution >= 0.6 is 0 Å². The predicted molar refractivity (Wildman–Crippen MR) is 69.3 cm³/mol. The SMILES string of the molecule is COCCCNC(=O)NCC(O)c1ccc(F)cc1. The van der Waals surface area contributed by atoms with Crippen molar-refractivity contribution in [3.63, 3.8) is 0 Å². The van der Waals surface area contributed by atoms with Crippen LogP contribution in [0.2, 0.25) is 0 Å². The molecule has 3 N–H and O–H groups in total. The van der Waals surface area contributed by atoms with Gasteiger partial charge in [-0.3, -0.25) is 0 Å². The minimum Gasteiger partial charge on any atom is -0.387 e. The van der Waals surface area contributed by atoms with Gasteiger partial charge in [0.25, 0.3) is 0 Å². The molecule has 2 amide bonds. The summed E-state index contributed by atoms with van der Waals surface area (Å²) in [6.45, 7) is 1.16. The van der Waals surface area contributed by atoms with E-state index in [1.165, 1.54) is 24.3 Å². The van der Waals surface area contributed by atoms with E-state index in [9.17, 15) is 14.3 Å². The van der Waals surface area contributed by atoms with E-state index in [1.807, 2.05) is 0 Å². The van der Waals surface area contributed by atoms with Crippen LogP contribution in [0.15, 0.2) is 24.3 Å². The van der Waals surface area contributed by atoms with Crippen molar-refractivity contribution in [1.29, 1.82) is 0 Å². The van der Waals surface area contributed by atoms with Gasteiger partial charge in [-0.05, 0) is 24.1 Å². The number of hydrogen-bond acceptors (Lipinski definition) is 3. The Balaban J connectivity index is 2.24. The van der Waals surface area contributed by atoms with E-state index in [2.05, 4.69) is 10.6 Å². The molecule has 0 saturated heterocycles. The molecular formula is C13H19FN2O3. The number of rotatable bonds is 7. The first-order valence-corrected chi connectivity index (χ1v) is 6.07. The van der Waals surface area contributed by atoms with Gasteiger partial charge in [-0.2, -0.15) is 0 Å². The number of aliphatic hydroxyl groups is 1. The summed E-state index contributed by atoms with van der Waals surface area (Å²) in [6, 6.07) is 5.15. The Morgan fingerprint density at radius 2 is 2.05 bits per heavy atom. The Morgan fingerprint density at radius 1 is 1.37 bits per heavy atom. The zero-order chi connectivity index (χ0) is 14.1. The number of hydrogen-bond donors (Lipinski definition) is 3. The van der Waals surface area contributed by atoms with E-state index >= 15 is 0 Å². The molecule has 1 unspecified atom stereocenters. The molecule has 1 aromatic rings. The van der Waals surface area contributed by atoms with Crippen molar-refractivity contribution in [3.05, 3.63) is 35.6 Å². The summed E-state index contributed by atoms with van der Waals surface area (Å²) in [5.74, 6) is -0.361. The summed E-state index contributed by atoms with van der Waals surface area (Å²) in [5, 5.41) is 15.0. The second-order valence-electron chi connectivity index (χ2n) is 4.05. The highest BCUT2D eigenvalue weighted by molar-refractivity contribution is 5.73. The molecule has 1 rings (SSSR count). The van der Waals surface area contributed by atoms with Gasteiger partial charge in [0.2, 0.25) is 0 Å². The van der Waals surface area contributed by atoms with E-state index in [1.54, 1.807) is 7.11 Å². The highest BCUT2D eigenvalue weighted by atomic mass is 19.1. The third kappa shape index (κ3) is 6.17. The third-order valence-electron chi connectivity index (χ3n) is 2.52. The molecule has 1 atom stereocenters. The normalized spacial score (nSPS) is 11.9. The minimum absolute atomic E-state index is 0.0712. The fraction of sp³-hybridized carbons (Fsp3) is 0.462. The first-order chi connectivity index (χ1) is 9.13. The van der Waals surface area contributed by atoms with Gasteiger partial charge >= 0.3 is 6.03 Å². The highest BCUT2D eigenvalue weighted by Gasteiger charge is 2.09. The van der Waals surface area contributed by atoms with Gasteiger partial charge in [-0.15, -0.1) is 0 Å². The van der Waals surface area contributed by atoms with Crippen LogP contribution in [0.25, 0.3) is 0 Å². The standard InChI is InChI=1S/C13H19FN2O3/c1-19-8-2-7-15-13(18)16-9-12(17)10-3-5-11(14)6-4-10/h3-6,12,17H,2,7-9H2,1H3,(H2,15,16,18). The summed E-state index contributed by atoms with van der Waals surface area (Å²) >= 11 is 0. The number of ether oxygens (including phenoxy) is 1. The maximum atomic E-state index is 12.7. The van der Waals surface area contributed by atoms with E-state index in [0.29, 0.717) is 18.7 Å². The van der Waals surface area contributed by atoms with Crippen LogP contribution in [0.4, 0.5) is 9.18 Å². The molecule has 106 valence electrons. The van der Waals surface area contributed by atoms with Crippen LogP contribution in [0.1, 0.15) is 18.1 Å². The number of nitrogens with one attached hydrogen (secondary N) is 2. The van der Waals surface area contributed by atoms with Crippen LogP contribution in [-0.2, 0) is 4.74 Å². The van der Waals surface area contributed by atoms with Crippen molar-refractivity contribution >= 4 is 6.03 Å². The van der Waals surface area contributed by atoms with Crippen LogP contribution in [0.3, 0.4) is 0 Å². The summed E-state index contributed by atoms with van der Waals surface area (Å²) in [4.78, 5) is 11.4. The number of methoxy groups -OCH3 is 1. The van der Waals surface area contributed by atoms with E-state index in [4.69, 9.17) is 4.74 Å². The van der Waals surface area contributed by atoms with Gasteiger partial charge in [0.05, 0.1) is 6.10 Å². The molecule has 0 bridgehead atoms. The number of carbonyl (C=O) groups is 1. The Kier molecular flexibility index (Phi) is 6.84. The van der Waals surface area contributed by atoms with Gasteiger partial charge in [-0.25, -0.2) is 9.18 Å². The van der Waals surface area contributed by atoms with E-state index in [-0.39, 0.29) is 18.4 Å². The maximum absolute atomic E-state index is 12.7. The molecule has 0 aromatic heterocycles. The first kappa shape index (κ1) is 15.4. The fourth-order valence-electron chi connectivity index (χ4n) is 1.47. The molecule has 6 heteroatoms. The van der Waals surface area contributed by atoms with Crippen LogP contribution in [-0.4, -0.2) is 37.9 Å². The average molecular weight is 270 g/mol. The van der Waals surface area contributed by atoms with Gasteiger partial charge in [-0.1, -0.05) is 12.1 Å². The van der Waals surface area contributed by atoms with Crippen molar-refractivity contribution in [1.82, 2.24) is 10.6 Å². The Morgan fingerprint density at radius 3 is 2.68 bits per heavy atom. The molecule has 0 aliphatic carbocycles. The first-order valence-electron chi connectivity index (χ1n) is 6.07. The molecule has 0 saturated carbocycles. The smallest absolute Gasteiger partial charge is 0.314 e. The van der Waals surface area contributed by atoms with E-state index in [0.717, 1.165) is 6.42 Å². The Bertz CT molecular complexity index is 384. The quantitative estimate of drug-likeness (QED) is 0.652. The maximum Gasteiger partial charge on any atom is 0.314 e. The highest BCUT2D eigenvalue weighted by Crippen LogP contribution is 2.12. The number of benzene rings is 1. The number of urea groups is 1. The summed E-state index contributed by atoms with van der Waals surface area (Å²) in [7, 11) is 1.60. The van der Waals surface area contributed by atoms with Gasteiger partial charge < -0.3 is 20.5 Å². The zero-order valence-electron chi connectivity index (χ0n) is 10.9. The van der Waals surface area contributed by atoms with Crippen molar-refractivity contribution in [3.8, 4) is 0 Å². The molecule has 1 aromatic carbocycles. The van der Waals surface area contributed by atoms with Crippen LogP contribution in [0.5, 0.6) is 0 Å². The second-order valence-corrected chi connectivity index (χ2v) is 4.05. The number of amides is 2. The second kappa shape index (κ2) is 8.44. The molecular weight excluding hydrogens is 251 g/mol.